The van der Waals surface area contributed by atoms with Gasteiger partial charge in [0.05, 0.1) is 109 Å². The van der Waals surface area contributed by atoms with E-state index >= 15 is 0 Å². The number of nitrogens with zero attached hydrogens (tertiary/aromatic N) is 20. The van der Waals surface area contributed by atoms with Crippen molar-refractivity contribution in [2.24, 2.45) is 17.5 Å². The van der Waals surface area contributed by atoms with Gasteiger partial charge in [0.25, 0.3) is 0 Å². The SMILES string of the molecule is CC(C)N=[S@@](C)(=O)c1cnc(N2CCN([C@@H](C)c3ccc4c(c3)OCC4)CC2)nc1.CC(C)N=[S@@](C)(=O)c1cnc(N2CCN([C@H](C)c3ccc4c(c3)OCC4)CC2)nc1.CC(C)N=[S@](C)(=O)c1cnc(N2CCN([C@@H](C)c3ccc4c(c3)OCC4)CC2)nc1.CC(C)N=[S@](C)(=O)c1cnc(N2CCN([C@H](C)c3ccc4c(c3)OCC4)CC2)nc1. The van der Waals surface area contributed by atoms with E-state index < -0.39 is 38.9 Å². The quantitative estimate of drug-likeness (QED) is 0.0685. The van der Waals surface area contributed by atoms with E-state index in [4.69, 9.17) is 18.9 Å². The fourth-order valence-electron chi connectivity index (χ4n) is 16.4. The summed E-state index contributed by atoms with van der Waals surface area (Å²) in [5.74, 6) is 6.94. The Morgan fingerprint density at radius 1 is 0.275 bits per heavy atom. The Balaban J connectivity index is 0.000000138. The van der Waals surface area contributed by atoms with Gasteiger partial charge in [0, 0.05) is 229 Å². The number of rotatable bonds is 20. The number of anilines is 4. The van der Waals surface area contributed by atoms with E-state index in [9.17, 15) is 16.8 Å². The fourth-order valence-corrected chi connectivity index (χ4v) is 22.1. The molecule has 0 bridgehead atoms. The number of ether oxygens (including phenoxy) is 4. The molecule has 4 saturated heterocycles. The molecule has 8 aliphatic heterocycles. The van der Waals surface area contributed by atoms with Crippen molar-refractivity contribution in [3.63, 3.8) is 0 Å². The highest BCUT2D eigenvalue weighted by molar-refractivity contribution is 7.93. The Hall–Kier alpha value is -8.76. The first-order chi connectivity index (χ1) is 57.3. The van der Waals surface area contributed by atoms with Crippen LogP contribution in [-0.2, 0) is 64.6 Å². The van der Waals surface area contributed by atoms with Crippen molar-refractivity contribution in [3.8, 4) is 23.0 Å². The van der Waals surface area contributed by atoms with E-state index in [2.05, 4.69) is 197 Å². The Labute approximate surface area is 713 Å². The lowest BCUT2D eigenvalue weighted by molar-refractivity contribution is 0.197. The lowest BCUT2D eigenvalue weighted by atomic mass is 10.0. The minimum absolute atomic E-state index is 0.00878. The van der Waals surface area contributed by atoms with E-state index in [0.717, 1.165) is 180 Å². The fraction of sp³-hybridized carbons (Fsp3) is 0.545. The van der Waals surface area contributed by atoms with Crippen LogP contribution in [0.15, 0.2) is 159 Å². The summed E-state index contributed by atoms with van der Waals surface area (Å²) in [6.45, 7) is 42.1. The Morgan fingerprint density at radius 2 is 0.450 bits per heavy atom. The van der Waals surface area contributed by atoms with Crippen LogP contribution in [-0.4, -0.2) is 257 Å². The van der Waals surface area contributed by atoms with Gasteiger partial charge in [-0.05, 0) is 152 Å². The third kappa shape index (κ3) is 22.4. The summed E-state index contributed by atoms with van der Waals surface area (Å²) < 4.78 is 91.2. The van der Waals surface area contributed by atoms with Gasteiger partial charge in [-0.3, -0.25) is 19.6 Å². The zero-order valence-corrected chi connectivity index (χ0v) is 76.2. The summed E-state index contributed by atoms with van der Waals surface area (Å²) in [5, 5.41) is 0. The Kier molecular flexibility index (Phi) is 29.1. The largest absolute Gasteiger partial charge is 0.493 e. The lowest BCUT2D eigenvalue weighted by Gasteiger charge is -2.38. The topological polar surface area (TPSA) is 284 Å². The third-order valence-electron chi connectivity index (χ3n) is 23.2. The smallest absolute Gasteiger partial charge is 0.225 e. The molecule has 4 fully saturated rings. The van der Waals surface area contributed by atoms with E-state index in [1.807, 2.05) is 55.4 Å². The number of aromatic nitrogens is 8. The molecule has 4 aromatic heterocycles. The lowest BCUT2D eigenvalue weighted by Crippen LogP contribution is -2.47. The first-order valence-electron chi connectivity index (χ1n) is 42.5. The van der Waals surface area contributed by atoms with Crippen LogP contribution in [0.5, 0.6) is 23.0 Å². The van der Waals surface area contributed by atoms with Crippen molar-refractivity contribution < 1.29 is 35.8 Å². The van der Waals surface area contributed by atoms with Crippen molar-refractivity contribution >= 4 is 62.7 Å². The van der Waals surface area contributed by atoms with Crippen LogP contribution >= 0.6 is 0 Å². The average molecular weight is 1720 g/mol. The normalized spacial score (nSPS) is 19.8. The monoisotopic (exact) mass is 1720 g/mol. The second-order valence-electron chi connectivity index (χ2n) is 33.5. The molecule has 0 amide bonds. The van der Waals surface area contributed by atoms with Crippen LogP contribution in [0.2, 0.25) is 0 Å². The van der Waals surface area contributed by atoms with Crippen LogP contribution in [0.1, 0.15) is 152 Å². The van der Waals surface area contributed by atoms with Crippen LogP contribution in [0.25, 0.3) is 0 Å². The van der Waals surface area contributed by atoms with Crippen LogP contribution in [0, 0.1) is 0 Å². The van der Waals surface area contributed by atoms with Crippen molar-refractivity contribution in [3.05, 3.63) is 167 Å². The molecule has 8 atom stereocenters. The summed E-state index contributed by atoms with van der Waals surface area (Å²) in [7, 11) is -9.80. The van der Waals surface area contributed by atoms with Gasteiger partial charge in [-0.1, -0.05) is 48.5 Å². The molecule has 4 aromatic carbocycles. The van der Waals surface area contributed by atoms with Crippen LogP contribution in [0.4, 0.5) is 23.8 Å². The van der Waals surface area contributed by atoms with Gasteiger partial charge < -0.3 is 38.5 Å². The molecule has 120 heavy (non-hydrogen) atoms. The van der Waals surface area contributed by atoms with Crippen LogP contribution < -0.4 is 38.5 Å². The maximum atomic E-state index is 12.7. The van der Waals surface area contributed by atoms with Crippen LogP contribution in [0.3, 0.4) is 0 Å². The summed E-state index contributed by atoms with van der Waals surface area (Å²) in [4.78, 5) is 56.9. The van der Waals surface area contributed by atoms with Gasteiger partial charge in [-0.15, -0.1) is 0 Å². The molecule has 32 heteroatoms. The summed E-state index contributed by atoms with van der Waals surface area (Å²) in [6, 6.07) is 28.0. The highest BCUT2D eigenvalue weighted by Gasteiger charge is 2.31. The molecule has 0 radical (unpaired) electrons. The number of fused-ring (bicyclic) bond motifs is 4. The van der Waals surface area contributed by atoms with E-state index in [1.54, 1.807) is 74.6 Å². The first-order valence-corrected chi connectivity index (χ1v) is 50.1. The molecule has 0 spiro atoms. The van der Waals surface area contributed by atoms with Crippen molar-refractivity contribution in [1.82, 2.24) is 59.5 Å². The van der Waals surface area contributed by atoms with Gasteiger partial charge in [0.1, 0.15) is 23.0 Å². The van der Waals surface area contributed by atoms with Gasteiger partial charge in [-0.25, -0.2) is 74.2 Å². The van der Waals surface area contributed by atoms with Crippen molar-refractivity contribution in [2.45, 2.75) is 177 Å². The maximum Gasteiger partial charge on any atom is 0.225 e. The molecule has 0 aliphatic carbocycles. The predicted molar refractivity (Wildman–Crippen MR) is 479 cm³/mol. The predicted octanol–water partition coefficient (Wildman–Crippen LogP) is 12.6. The molecule has 648 valence electrons. The second kappa shape index (κ2) is 39.2. The van der Waals surface area contributed by atoms with Crippen molar-refractivity contribution in [1.29, 1.82) is 0 Å². The molecular formula is C88H124N20O8S4. The van der Waals surface area contributed by atoms with Gasteiger partial charge in [0.2, 0.25) is 23.8 Å². The third-order valence-corrected chi connectivity index (χ3v) is 30.9. The molecule has 8 aromatic rings. The summed E-state index contributed by atoms with van der Waals surface area (Å²) in [5.41, 5.74) is 10.5. The molecule has 16 rings (SSSR count). The first kappa shape index (κ1) is 89.0. The molecule has 0 N–H and O–H groups in total. The summed E-state index contributed by atoms with van der Waals surface area (Å²) in [6.07, 6.45) is 24.0. The van der Waals surface area contributed by atoms with Gasteiger partial charge >= 0.3 is 0 Å². The standard InChI is InChI=1S/4C22H31N5O2S/c4*1-16(2)25-30(4,28)20-14-23-22(24-15-20)27-10-8-26(9-11-27)17(3)19-6-5-18-7-12-29-21(18)13-19/h4*5-6,13-17H,7-12H2,1-4H3/t2*17-,30+;2*17-,30-/m1010/s1. The number of piperazine rings is 4. The highest BCUT2D eigenvalue weighted by Crippen LogP contribution is 2.37. The van der Waals surface area contributed by atoms with E-state index in [-0.39, 0.29) is 24.2 Å². The molecule has 0 unspecified atom stereocenters. The second-order valence-corrected chi connectivity index (χ2v) is 42.7. The Morgan fingerprint density at radius 3 is 0.617 bits per heavy atom. The van der Waals surface area contributed by atoms with Gasteiger partial charge in [0.15, 0.2) is 0 Å². The van der Waals surface area contributed by atoms with E-state index in [1.165, 1.54) is 44.5 Å². The maximum absolute atomic E-state index is 12.7. The molecule has 8 aliphatic rings. The molecule has 28 nitrogen and oxygen atoms in total. The Bertz CT molecular complexity index is 4690. The van der Waals surface area contributed by atoms with Gasteiger partial charge in [-0.2, -0.15) is 0 Å². The summed E-state index contributed by atoms with van der Waals surface area (Å²) >= 11 is 0. The van der Waals surface area contributed by atoms with Crippen molar-refractivity contribution in [2.75, 3.05) is 176 Å². The number of benzene rings is 4. The molecule has 12 heterocycles. The average Bonchev–Trinajstić information content (AvgIpc) is 1.79. The highest BCUT2D eigenvalue weighted by atomic mass is 32.2. The number of hydrogen-bond acceptors (Lipinski definition) is 28. The zero-order chi connectivity index (χ0) is 85.2. The number of hydrogen-bond donors (Lipinski definition) is 0. The van der Waals surface area contributed by atoms with E-state index in [0.29, 0.717) is 67.5 Å². The molecule has 0 saturated carbocycles. The minimum atomic E-state index is -2.45. The minimum Gasteiger partial charge on any atom is -0.493 e. The molecular weight excluding hydrogens is 1590 g/mol. The zero-order valence-electron chi connectivity index (χ0n) is 73.0.